The van der Waals surface area contributed by atoms with E-state index in [0.29, 0.717) is 0 Å². The smallest absolute Gasteiger partial charge is 0.248 e. The molecule has 0 radical (unpaired) electrons. The Morgan fingerprint density at radius 2 is 1.44 bits per heavy atom. The highest BCUT2D eigenvalue weighted by molar-refractivity contribution is 7.01. The van der Waals surface area contributed by atoms with Gasteiger partial charge in [0.2, 0.25) is 6.71 Å². The number of fused-ring (bicyclic) bond motifs is 12. The third-order valence-corrected chi connectivity index (χ3v) is 11.5. The molecule has 0 N–H and O–H groups in total. The molecule has 0 saturated heterocycles. The molecular formula is C38H31BN2. The molecule has 2 atom stereocenters. The zero-order valence-corrected chi connectivity index (χ0v) is 23.6. The molecule has 5 aromatic carbocycles. The van der Waals surface area contributed by atoms with Gasteiger partial charge < -0.3 is 9.47 Å². The molecule has 2 nitrogen and oxygen atoms in total. The zero-order valence-electron chi connectivity index (χ0n) is 23.6. The van der Waals surface area contributed by atoms with Crippen LogP contribution in [-0.2, 0) is 5.41 Å². The molecule has 3 aliphatic heterocycles. The average molecular weight is 526 g/mol. The van der Waals surface area contributed by atoms with Crippen LogP contribution in [0.1, 0.15) is 45.1 Å². The molecule has 1 unspecified atom stereocenters. The second-order valence-corrected chi connectivity index (χ2v) is 13.2. The van der Waals surface area contributed by atoms with Gasteiger partial charge in [-0.1, -0.05) is 104 Å². The second kappa shape index (κ2) is 7.34. The first-order valence-corrected chi connectivity index (χ1v) is 15.3. The molecule has 1 aliphatic carbocycles. The highest BCUT2D eigenvalue weighted by Gasteiger charge is 2.58. The molecule has 4 aliphatic rings. The lowest BCUT2D eigenvalue weighted by molar-refractivity contribution is 0.195. The SMILES string of the molecule is CC12CCCC[C@]1(C)c1cc3c(cc1N2c1ccccc1)-n1c2ccccc2c2ccc4c(c21)B3c1ccccc1-4. The van der Waals surface area contributed by atoms with Crippen molar-refractivity contribution in [1.82, 2.24) is 4.57 Å². The summed E-state index contributed by atoms with van der Waals surface area (Å²) in [5.74, 6) is 0. The van der Waals surface area contributed by atoms with Crippen molar-refractivity contribution in [3.8, 4) is 16.8 Å². The van der Waals surface area contributed by atoms with Crippen molar-refractivity contribution in [2.24, 2.45) is 0 Å². The normalized spacial score (nSPS) is 23.1. The van der Waals surface area contributed by atoms with Gasteiger partial charge in [0.1, 0.15) is 0 Å². The first-order valence-electron chi connectivity index (χ1n) is 15.3. The average Bonchev–Trinajstić information content (AvgIpc) is 3.59. The Bertz CT molecular complexity index is 2110. The van der Waals surface area contributed by atoms with E-state index in [1.165, 1.54) is 92.1 Å². The van der Waals surface area contributed by atoms with Crippen LogP contribution in [0.3, 0.4) is 0 Å². The zero-order chi connectivity index (χ0) is 27.1. The second-order valence-electron chi connectivity index (χ2n) is 13.2. The summed E-state index contributed by atoms with van der Waals surface area (Å²) in [5.41, 5.74) is 15.7. The van der Waals surface area contributed by atoms with Crippen LogP contribution >= 0.6 is 0 Å². The van der Waals surface area contributed by atoms with Crippen LogP contribution in [0.25, 0.3) is 38.6 Å². The van der Waals surface area contributed by atoms with E-state index in [-0.39, 0.29) is 17.7 Å². The lowest BCUT2D eigenvalue weighted by atomic mass is 9.37. The molecule has 0 amide bonds. The summed E-state index contributed by atoms with van der Waals surface area (Å²) >= 11 is 0. The van der Waals surface area contributed by atoms with Gasteiger partial charge in [0, 0.05) is 38.8 Å². The summed E-state index contributed by atoms with van der Waals surface area (Å²) in [6, 6.07) is 39.3. The number of para-hydroxylation sites is 2. The standard InChI is InChI=1S/C38H31BN2/c1-37-20-10-11-21-38(37,2)41(24-12-4-3-5-13-24)33-23-34-31(22-29(33)37)39-30-16-8-6-14-25(30)27-18-19-28-26-15-7-9-17-32(26)40(34)36(28)35(27)39/h3-9,12-19,22-23H,10-11,20-21H2,1-2H3/t37-,38?/m1/s1. The van der Waals surface area contributed by atoms with E-state index in [1.54, 1.807) is 5.56 Å². The number of aromatic nitrogens is 1. The molecule has 0 bridgehead atoms. The summed E-state index contributed by atoms with van der Waals surface area (Å²) < 4.78 is 2.61. The first kappa shape index (κ1) is 22.5. The quantitative estimate of drug-likeness (QED) is 0.203. The van der Waals surface area contributed by atoms with Crippen molar-refractivity contribution < 1.29 is 0 Å². The number of anilines is 2. The molecule has 1 aromatic heterocycles. The fraction of sp³-hybridized carbons (Fsp3) is 0.211. The minimum absolute atomic E-state index is 0.0402. The third-order valence-electron chi connectivity index (χ3n) is 11.5. The Balaban J connectivity index is 1.37. The van der Waals surface area contributed by atoms with Crippen LogP contribution in [0.15, 0.2) is 103 Å². The van der Waals surface area contributed by atoms with E-state index >= 15 is 0 Å². The number of benzene rings is 5. The van der Waals surface area contributed by atoms with Gasteiger partial charge in [0.25, 0.3) is 0 Å². The van der Waals surface area contributed by atoms with Crippen molar-refractivity contribution in [3.63, 3.8) is 0 Å². The van der Waals surface area contributed by atoms with E-state index in [9.17, 15) is 0 Å². The van der Waals surface area contributed by atoms with Gasteiger partial charge in [0.15, 0.2) is 0 Å². The summed E-state index contributed by atoms with van der Waals surface area (Å²) in [4.78, 5) is 2.72. The minimum Gasteiger partial charge on any atom is -0.334 e. The van der Waals surface area contributed by atoms with Crippen molar-refractivity contribution in [3.05, 3.63) is 109 Å². The highest BCUT2D eigenvalue weighted by atomic mass is 15.3. The van der Waals surface area contributed by atoms with Crippen LogP contribution in [0.5, 0.6) is 0 Å². The predicted octanol–water partition coefficient (Wildman–Crippen LogP) is 7.34. The summed E-state index contributed by atoms with van der Waals surface area (Å²) in [6.45, 7) is 5.37. The van der Waals surface area contributed by atoms with Crippen LogP contribution in [0.2, 0.25) is 0 Å². The molecule has 6 aromatic rings. The molecule has 3 heteroatoms. The number of hydrogen-bond acceptors (Lipinski definition) is 1. The van der Waals surface area contributed by atoms with Crippen molar-refractivity contribution in [2.45, 2.75) is 50.5 Å². The predicted molar refractivity (Wildman–Crippen MR) is 174 cm³/mol. The lowest BCUT2D eigenvalue weighted by Crippen LogP contribution is -2.55. The first-order chi connectivity index (χ1) is 20.1. The molecule has 1 fully saturated rings. The summed E-state index contributed by atoms with van der Waals surface area (Å²) in [7, 11) is 0. The van der Waals surface area contributed by atoms with E-state index in [1.807, 2.05) is 0 Å². The lowest BCUT2D eigenvalue weighted by Gasteiger charge is -2.50. The van der Waals surface area contributed by atoms with E-state index < -0.39 is 0 Å². The Hall–Kier alpha value is -4.24. The van der Waals surface area contributed by atoms with Gasteiger partial charge >= 0.3 is 0 Å². The van der Waals surface area contributed by atoms with Gasteiger partial charge in [-0.15, -0.1) is 0 Å². The third kappa shape index (κ3) is 2.46. The van der Waals surface area contributed by atoms with Gasteiger partial charge in [0.05, 0.1) is 11.1 Å². The minimum atomic E-state index is 0.0402. The van der Waals surface area contributed by atoms with Crippen molar-refractivity contribution in [2.75, 3.05) is 4.90 Å². The number of nitrogens with zero attached hydrogens (tertiary/aromatic N) is 2. The topological polar surface area (TPSA) is 8.17 Å². The maximum absolute atomic E-state index is 2.72. The van der Waals surface area contributed by atoms with Crippen LogP contribution in [-0.4, -0.2) is 16.8 Å². The molecule has 10 rings (SSSR count). The Kier molecular flexibility index (Phi) is 4.02. The van der Waals surface area contributed by atoms with Crippen molar-refractivity contribution >= 4 is 56.3 Å². The van der Waals surface area contributed by atoms with Crippen LogP contribution < -0.4 is 21.3 Å². The molecule has 196 valence electrons. The highest BCUT2D eigenvalue weighted by Crippen LogP contribution is 2.61. The van der Waals surface area contributed by atoms with Crippen LogP contribution in [0.4, 0.5) is 11.4 Å². The monoisotopic (exact) mass is 526 g/mol. The number of rotatable bonds is 1. The van der Waals surface area contributed by atoms with Gasteiger partial charge in [-0.25, -0.2) is 0 Å². The summed E-state index contributed by atoms with van der Waals surface area (Å²) in [5, 5.41) is 2.72. The summed E-state index contributed by atoms with van der Waals surface area (Å²) in [6.07, 6.45) is 5.04. The largest absolute Gasteiger partial charge is 0.334 e. The van der Waals surface area contributed by atoms with E-state index in [4.69, 9.17) is 0 Å². The van der Waals surface area contributed by atoms with Crippen molar-refractivity contribution in [1.29, 1.82) is 0 Å². The van der Waals surface area contributed by atoms with Crippen LogP contribution in [0, 0.1) is 0 Å². The van der Waals surface area contributed by atoms with Gasteiger partial charge in [-0.2, -0.15) is 0 Å². The van der Waals surface area contributed by atoms with Gasteiger partial charge in [-0.3, -0.25) is 0 Å². The number of hydrogen-bond donors (Lipinski definition) is 0. The Morgan fingerprint density at radius 1 is 0.659 bits per heavy atom. The maximum atomic E-state index is 2.72. The Morgan fingerprint density at radius 3 is 2.34 bits per heavy atom. The van der Waals surface area contributed by atoms with E-state index in [0.717, 1.165) is 0 Å². The fourth-order valence-electron chi connectivity index (χ4n) is 9.52. The van der Waals surface area contributed by atoms with E-state index in [2.05, 4.69) is 126 Å². The maximum Gasteiger partial charge on any atom is 0.248 e. The molecule has 1 saturated carbocycles. The Labute approximate surface area is 241 Å². The molecule has 41 heavy (non-hydrogen) atoms. The molecule has 4 heterocycles. The van der Waals surface area contributed by atoms with Gasteiger partial charge in [-0.05, 0) is 71.6 Å². The molecular weight excluding hydrogens is 495 g/mol. The fourth-order valence-corrected chi connectivity index (χ4v) is 9.52. The molecule has 0 spiro atoms.